The molecule has 3 nitrogen and oxygen atoms in total. The van der Waals surface area contributed by atoms with Crippen LogP contribution >= 0.6 is 23.4 Å². The average molecular weight is 301 g/mol. The van der Waals surface area contributed by atoms with Crippen LogP contribution in [0.15, 0.2) is 23.1 Å². The van der Waals surface area contributed by atoms with Gasteiger partial charge in [-0.3, -0.25) is 4.79 Å². The average Bonchev–Trinajstić information content (AvgIpc) is 2.32. The fourth-order valence-corrected chi connectivity index (χ4v) is 2.92. The molecule has 1 amide bonds. The maximum absolute atomic E-state index is 12.0. The van der Waals surface area contributed by atoms with E-state index in [1.165, 1.54) is 11.8 Å². The fraction of sp³-hybridized carbons (Fsp3) is 0.500. The second-order valence-electron chi connectivity index (χ2n) is 4.65. The molecular formula is C14H21ClN2OS. The number of benzene rings is 1. The number of nitrogen functional groups attached to an aromatic ring is 1. The van der Waals surface area contributed by atoms with Crippen LogP contribution < -0.4 is 11.1 Å². The monoisotopic (exact) mass is 300 g/mol. The molecule has 0 fully saturated rings. The van der Waals surface area contributed by atoms with Crippen LogP contribution in [-0.2, 0) is 4.79 Å². The number of anilines is 1. The summed E-state index contributed by atoms with van der Waals surface area (Å²) in [5.74, 6) is 0.0406. The summed E-state index contributed by atoms with van der Waals surface area (Å²) in [5, 5.41) is 3.41. The van der Waals surface area contributed by atoms with Crippen molar-refractivity contribution in [1.29, 1.82) is 0 Å². The highest BCUT2D eigenvalue weighted by atomic mass is 35.5. The van der Waals surface area contributed by atoms with E-state index >= 15 is 0 Å². The van der Waals surface area contributed by atoms with Gasteiger partial charge in [0.1, 0.15) is 0 Å². The predicted molar refractivity (Wildman–Crippen MR) is 83.7 cm³/mol. The van der Waals surface area contributed by atoms with Crippen molar-refractivity contribution in [2.75, 3.05) is 5.73 Å². The number of hydrogen-bond acceptors (Lipinski definition) is 3. The SMILES string of the molecule is CCCC(C)NC(=O)C(C)Sc1ccc(N)cc1Cl. The minimum Gasteiger partial charge on any atom is -0.399 e. The van der Waals surface area contributed by atoms with Gasteiger partial charge in [-0.25, -0.2) is 0 Å². The van der Waals surface area contributed by atoms with Crippen LogP contribution in [0.25, 0.3) is 0 Å². The molecule has 0 spiro atoms. The number of halogens is 1. The van der Waals surface area contributed by atoms with Crippen molar-refractivity contribution in [2.45, 2.75) is 49.8 Å². The molecule has 2 unspecified atom stereocenters. The van der Waals surface area contributed by atoms with Gasteiger partial charge in [-0.05, 0) is 38.5 Å². The molecule has 0 saturated heterocycles. The van der Waals surface area contributed by atoms with Gasteiger partial charge in [0, 0.05) is 16.6 Å². The molecule has 1 aromatic carbocycles. The van der Waals surface area contributed by atoms with Gasteiger partial charge >= 0.3 is 0 Å². The lowest BCUT2D eigenvalue weighted by Crippen LogP contribution is -2.37. The summed E-state index contributed by atoms with van der Waals surface area (Å²) in [5.41, 5.74) is 6.27. The molecule has 2 atom stereocenters. The first-order valence-electron chi connectivity index (χ1n) is 6.46. The predicted octanol–water partition coefficient (Wildman–Crippen LogP) is 3.71. The van der Waals surface area contributed by atoms with Gasteiger partial charge in [0.15, 0.2) is 0 Å². The smallest absolute Gasteiger partial charge is 0.233 e. The molecule has 106 valence electrons. The number of carbonyl (C=O) groups excluding carboxylic acids is 1. The van der Waals surface area contributed by atoms with E-state index in [-0.39, 0.29) is 17.2 Å². The first kappa shape index (κ1) is 16.2. The third kappa shape index (κ3) is 5.33. The lowest BCUT2D eigenvalue weighted by molar-refractivity contribution is -0.120. The highest BCUT2D eigenvalue weighted by Gasteiger charge is 2.17. The van der Waals surface area contributed by atoms with E-state index in [1.54, 1.807) is 12.1 Å². The maximum Gasteiger partial charge on any atom is 0.233 e. The van der Waals surface area contributed by atoms with E-state index in [0.29, 0.717) is 10.7 Å². The zero-order valence-electron chi connectivity index (χ0n) is 11.6. The number of nitrogens with two attached hydrogens (primary N) is 1. The van der Waals surface area contributed by atoms with Crippen molar-refractivity contribution in [3.05, 3.63) is 23.2 Å². The fourth-order valence-electron chi connectivity index (χ4n) is 1.72. The Hall–Kier alpha value is -0.870. The molecule has 19 heavy (non-hydrogen) atoms. The quantitative estimate of drug-likeness (QED) is 0.622. The Labute approximate surface area is 124 Å². The summed E-state index contributed by atoms with van der Waals surface area (Å²) >= 11 is 7.55. The van der Waals surface area contributed by atoms with Crippen LogP contribution in [0.4, 0.5) is 5.69 Å². The molecule has 0 bridgehead atoms. The topological polar surface area (TPSA) is 55.1 Å². The summed E-state index contributed by atoms with van der Waals surface area (Å²) in [4.78, 5) is 12.9. The first-order chi connectivity index (χ1) is 8.93. The molecule has 0 heterocycles. The number of thioether (sulfide) groups is 1. The van der Waals surface area contributed by atoms with Crippen molar-refractivity contribution in [2.24, 2.45) is 0 Å². The van der Waals surface area contributed by atoms with E-state index < -0.39 is 0 Å². The third-order valence-corrected chi connectivity index (χ3v) is 4.34. The first-order valence-corrected chi connectivity index (χ1v) is 7.71. The maximum atomic E-state index is 12.0. The Morgan fingerprint density at radius 1 is 1.47 bits per heavy atom. The number of hydrogen-bond donors (Lipinski definition) is 2. The summed E-state index contributed by atoms with van der Waals surface area (Å²) in [6.45, 7) is 6.01. The Morgan fingerprint density at radius 2 is 2.16 bits per heavy atom. The standard InChI is InChI=1S/C14H21ClN2OS/c1-4-5-9(2)17-14(18)10(3)19-13-7-6-11(16)8-12(13)15/h6-10H,4-5,16H2,1-3H3,(H,17,18). The minimum absolute atomic E-state index is 0.0406. The molecule has 0 aliphatic carbocycles. The summed E-state index contributed by atoms with van der Waals surface area (Å²) in [7, 11) is 0. The zero-order chi connectivity index (χ0) is 14.4. The molecule has 0 aliphatic heterocycles. The van der Waals surface area contributed by atoms with Crippen LogP contribution in [-0.4, -0.2) is 17.2 Å². The summed E-state index contributed by atoms with van der Waals surface area (Å²) < 4.78 is 0. The Balaban J connectivity index is 2.58. The molecule has 0 aliphatic rings. The van der Waals surface area contributed by atoms with E-state index in [1.807, 2.05) is 19.9 Å². The van der Waals surface area contributed by atoms with Crippen molar-refractivity contribution >= 4 is 35.0 Å². The lowest BCUT2D eigenvalue weighted by Gasteiger charge is -2.17. The van der Waals surface area contributed by atoms with Crippen molar-refractivity contribution in [3.8, 4) is 0 Å². The van der Waals surface area contributed by atoms with Gasteiger partial charge in [0.2, 0.25) is 5.91 Å². The minimum atomic E-state index is -0.180. The number of carbonyl (C=O) groups is 1. The van der Waals surface area contributed by atoms with Crippen molar-refractivity contribution in [1.82, 2.24) is 5.32 Å². The van der Waals surface area contributed by atoms with Gasteiger partial charge < -0.3 is 11.1 Å². The van der Waals surface area contributed by atoms with E-state index in [4.69, 9.17) is 17.3 Å². The normalized spacial score (nSPS) is 13.9. The summed E-state index contributed by atoms with van der Waals surface area (Å²) in [6.07, 6.45) is 2.05. The lowest BCUT2D eigenvalue weighted by atomic mass is 10.2. The second-order valence-corrected chi connectivity index (χ2v) is 6.44. The van der Waals surface area contributed by atoms with Gasteiger partial charge in [-0.15, -0.1) is 11.8 Å². The summed E-state index contributed by atoms with van der Waals surface area (Å²) in [6, 6.07) is 5.55. The van der Waals surface area contributed by atoms with Crippen LogP contribution in [0.1, 0.15) is 33.6 Å². The molecular weight excluding hydrogens is 280 g/mol. The molecule has 1 rings (SSSR count). The molecule has 0 aromatic heterocycles. The van der Waals surface area contributed by atoms with Crippen molar-refractivity contribution in [3.63, 3.8) is 0 Å². The van der Waals surface area contributed by atoms with E-state index in [2.05, 4.69) is 12.2 Å². The van der Waals surface area contributed by atoms with Gasteiger partial charge in [-0.1, -0.05) is 24.9 Å². The van der Waals surface area contributed by atoms with Gasteiger partial charge in [0.25, 0.3) is 0 Å². The molecule has 3 N–H and O–H groups in total. The van der Waals surface area contributed by atoms with E-state index in [0.717, 1.165) is 17.7 Å². The van der Waals surface area contributed by atoms with Crippen LogP contribution in [0.5, 0.6) is 0 Å². The molecule has 1 aromatic rings. The van der Waals surface area contributed by atoms with Crippen molar-refractivity contribution < 1.29 is 4.79 Å². The van der Waals surface area contributed by atoms with Gasteiger partial charge in [0.05, 0.1) is 10.3 Å². The zero-order valence-corrected chi connectivity index (χ0v) is 13.1. The Bertz CT molecular complexity index is 439. The Morgan fingerprint density at radius 3 is 2.74 bits per heavy atom. The Kier molecular flexibility index (Phi) is 6.52. The molecule has 0 saturated carbocycles. The van der Waals surface area contributed by atoms with Crippen LogP contribution in [0.2, 0.25) is 5.02 Å². The number of amides is 1. The third-order valence-electron chi connectivity index (χ3n) is 2.74. The molecule has 0 radical (unpaired) electrons. The van der Waals surface area contributed by atoms with Gasteiger partial charge in [-0.2, -0.15) is 0 Å². The largest absolute Gasteiger partial charge is 0.399 e. The van der Waals surface area contributed by atoms with Crippen LogP contribution in [0, 0.1) is 0 Å². The highest BCUT2D eigenvalue weighted by Crippen LogP contribution is 2.31. The van der Waals surface area contributed by atoms with E-state index in [9.17, 15) is 4.79 Å². The van der Waals surface area contributed by atoms with Crippen LogP contribution in [0.3, 0.4) is 0 Å². The number of nitrogens with one attached hydrogen (secondary N) is 1. The highest BCUT2D eigenvalue weighted by molar-refractivity contribution is 8.00. The second kappa shape index (κ2) is 7.65. The molecule has 5 heteroatoms. The number of rotatable bonds is 6.